The van der Waals surface area contributed by atoms with Gasteiger partial charge in [0.1, 0.15) is 6.07 Å². The Hall–Kier alpha value is -2.82. The molecule has 1 aliphatic rings. The van der Waals surface area contributed by atoms with Crippen LogP contribution in [0.3, 0.4) is 0 Å². The monoisotopic (exact) mass is 322 g/mol. The number of likely N-dealkylation sites (N-methyl/N-ethyl adjacent to an activating group) is 1. The number of nitrogens with zero attached hydrogens (tertiary/aromatic N) is 3. The Bertz CT molecular complexity index is 727. The lowest BCUT2D eigenvalue weighted by Crippen LogP contribution is -2.22. The molecule has 8 heteroatoms. The van der Waals surface area contributed by atoms with Crippen LogP contribution in [0.2, 0.25) is 0 Å². The number of hydrogen-bond donors (Lipinski definition) is 1. The number of hydrazone groups is 1. The molecule has 0 spiro atoms. The van der Waals surface area contributed by atoms with Gasteiger partial charge in [-0.2, -0.15) is 23.5 Å². The van der Waals surface area contributed by atoms with Crippen molar-refractivity contribution in [2.45, 2.75) is 19.6 Å². The summed E-state index contributed by atoms with van der Waals surface area (Å²) in [6.45, 7) is 1.84. The lowest BCUT2D eigenvalue weighted by molar-refractivity contribution is -0.137. The second kappa shape index (κ2) is 6.12. The van der Waals surface area contributed by atoms with Crippen LogP contribution in [0, 0.1) is 11.3 Å². The summed E-state index contributed by atoms with van der Waals surface area (Å²) in [6.07, 6.45) is -4.37. The second-order valence-electron chi connectivity index (χ2n) is 4.94. The van der Waals surface area contributed by atoms with Gasteiger partial charge in [-0.05, 0) is 24.6 Å². The van der Waals surface area contributed by atoms with E-state index in [-0.39, 0.29) is 17.8 Å². The van der Waals surface area contributed by atoms with E-state index in [2.05, 4.69) is 10.4 Å². The van der Waals surface area contributed by atoms with Gasteiger partial charge in [-0.15, -0.1) is 0 Å². The molecule has 0 saturated carbocycles. The van der Waals surface area contributed by atoms with Gasteiger partial charge in [0.2, 0.25) is 0 Å². The van der Waals surface area contributed by atoms with Gasteiger partial charge in [-0.3, -0.25) is 4.79 Å². The molecule has 1 aliphatic heterocycles. The molecule has 1 heterocycles. The maximum atomic E-state index is 12.5. The molecule has 0 unspecified atom stereocenters. The first-order chi connectivity index (χ1) is 10.7. The maximum absolute atomic E-state index is 12.5. The second-order valence-corrected chi connectivity index (χ2v) is 4.94. The lowest BCUT2D eigenvalue weighted by atomic mass is 10.1. The minimum absolute atomic E-state index is 0.00918. The van der Waals surface area contributed by atoms with E-state index < -0.39 is 17.6 Å². The molecular formula is C15H13F3N4O. The number of carbonyl (C=O) groups excluding carboxylic acids is 1. The minimum Gasteiger partial charge on any atom is -0.384 e. The van der Waals surface area contributed by atoms with Crippen LogP contribution in [0.4, 0.5) is 13.2 Å². The molecule has 0 saturated heterocycles. The highest BCUT2D eigenvalue weighted by atomic mass is 19.4. The fourth-order valence-corrected chi connectivity index (χ4v) is 2.06. The number of benzene rings is 1. The number of allylic oxidation sites excluding steroid dienone is 1. The Morgan fingerprint density at radius 2 is 1.96 bits per heavy atom. The van der Waals surface area contributed by atoms with Crippen LogP contribution in [-0.2, 0) is 17.5 Å². The van der Waals surface area contributed by atoms with Crippen molar-refractivity contribution in [2.75, 3.05) is 7.05 Å². The van der Waals surface area contributed by atoms with E-state index in [0.717, 1.165) is 17.1 Å². The normalized spacial score (nSPS) is 17.0. The van der Waals surface area contributed by atoms with E-state index in [0.29, 0.717) is 11.3 Å². The third kappa shape index (κ3) is 3.51. The molecule has 0 bridgehead atoms. The van der Waals surface area contributed by atoms with Gasteiger partial charge in [0, 0.05) is 19.3 Å². The van der Waals surface area contributed by atoms with Gasteiger partial charge >= 0.3 is 6.18 Å². The van der Waals surface area contributed by atoms with Crippen molar-refractivity contribution in [3.63, 3.8) is 0 Å². The number of nitriles is 1. The number of carbonyl (C=O) groups is 1. The number of amides is 1. The quantitative estimate of drug-likeness (QED) is 0.869. The summed E-state index contributed by atoms with van der Waals surface area (Å²) in [5.41, 5.74) is 0.520. The van der Waals surface area contributed by atoms with E-state index >= 15 is 0 Å². The van der Waals surface area contributed by atoms with Crippen molar-refractivity contribution in [3.05, 3.63) is 46.7 Å². The van der Waals surface area contributed by atoms with E-state index in [1.54, 1.807) is 6.92 Å². The van der Waals surface area contributed by atoms with Gasteiger partial charge in [0.15, 0.2) is 5.71 Å². The number of nitrogens with one attached hydrogen (secondary N) is 1. The molecule has 0 fully saturated rings. The van der Waals surface area contributed by atoms with Crippen LogP contribution in [0.15, 0.2) is 40.6 Å². The van der Waals surface area contributed by atoms with Crippen molar-refractivity contribution in [1.29, 1.82) is 5.26 Å². The van der Waals surface area contributed by atoms with Crippen LogP contribution in [0.1, 0.15) is 18.1 Å². The minimum atomic E-state index is -4.37. The van der Waals surface area contributed by atoms with Crippen molar-refractivity contribution in [2.24, 2.45) is 5.10 Å². The van der Waals surface area contributed by atoms with Gasteiger partial charge in [-0.1, -0.05) is 12.1 Å². The molecule has 0 atom stereocenters. The van der Waals surface area contributed by atoms with Crippen molar-refractivity contribution in [3.8, 4) is 6.07 Å². The summed E-state index contributed by atoms with van der Waals surface area (Å²) in [6, 6.07) is 6.55. The Morgan fingerprint density at radius 3 is 2.48 bits per heavy atom. The van der Waals surface area contributed by atoms with Crippen molar-refractivity contribution < 1.29 is 18.0 Å². The molecule has 120 valence electrons. The summed E-state index contributed by atoms with van der Waals surface area (Å²) >= 11 is 0. The van der Waals surface area contributed by atoms with E-state index in [4.69, 9.17) is 5.26 Å². The smallest absolute Gasteiger partial charge is 0.384 e. The predicted molar refractivity (Wildman–Crippen MR) is 76.8 cm³/mol. The third-order valence-electron chi connectivity index (χ3n) is 3.31. The Morgan fingerprint density at radius 1 is 1.35 bits per heavy atom. The Kier molecular flexibility index (Phi) is 4.40. The molecule has 0 aliphatic carbocycles. The molecule has 0 aromatic heterocycles. The fourth-order valence-electron chi connectivity index (χ4n) is 2.06. The lowest BCUT2D eigenvalue weighted by Gasteiger charge is -2.11. The zero-order valence-electron chi connectivity index (χ0n) is 12.4. The molecule has 1 aromatic carbocycles. The van der Waals surface area contributed by atoms with E-state index in [1.165, 1.54) is 19.2 Å². The highest BCUT2D eigenvalue weighted by molar-refractivity contribution is 6.30. The molecule has 5 nitrogen and oxygen atoms in total. The summed E-state index contributed by atoms with van der Waals surface area (Å²) < 4.78 is 37.5. The Balaban J connectivity index is 2.12. The highest BCUT2D eigenvalue weighted by Gasteiger charge is 2.30. The fraction of sp³-hybridized carbons (Fsp3) is 0.267. The molecular weight excluding hydrogens is 309 g/mol. The molecule has 1 N–H and O–H groups in total. The van der Waals surface area contributed by atoms with E-state index in [1.807, 2.05) is 6.07 Å². The van der Waals surface area contributed by atoms with Crippen LogP contribution in [0.5, 0.6) is 0 Å². The number of rotatable bonds is 3. The van der Waals surface area contributed by atoms with Crippen LogP contribution in [-0.4, -0.2) is 23.7 Å². The topological polar surface area (TPSA) is 68.5 Å². The van der Waals surface area contributed by atoms with E-state index in [9.17, 15) is 18.0 Å². The number of alkyl halides is 3. The third-order valence-corrected chi connectivity index (χ3v) is 3.31. The maximum Gasteiger partial charge on any atom is 0.416 e. The molecule has 0 radical (unpaired) electrons. The van der Waals surface area contributed by atoms with Gasteiger partial charge in [-0.25, -0.2) is 5.01 Å². The van der Waals surface area contributed by atoms with Crippen molar-refractivity contribution in [1.82, 2.24) is 10.3 Å². The Labute approximate surface area is 130 Å². The van der Waals surface area contributed by atoms with Gasteiger partial charge < -0.3 is 5.32 Å². The zero-order chi connectivity index (χ0) is 17.2. The predicted octanol–water partition coefficient (Wildman–Crippen LogP) is 2.42. The molecule has 1 aromatic rings. The molecule has 23 heavy (non-hydrogen) atoms. The average Bonchev–Trinajstić information content (AvgIpc) is 2.79. The molecule has 1 amide bonds. The molecule has 2 rings (SSSR count). The first kappa shape index (κ1) is 16.5. The van der Waals surface area contributed by atoms with Gasteiger partial charge in [0.05, 0.1) is 11.1 Å². The SMILES string of the molecule is CC(NCc1ccc(C(F)(F)F)cc1)=C1C(=O)N(C)N=C1C#N. The summed E-state index contributed by atoms with van der Waals surface area (Å²) in [5.74, 6) is -0.404. The zero-order valence-corrected chi connectivity index (χ0v) is 12.4. The standard InChI is InChI=1S/C15H13F3N4O/c1-9(13-12(7-19)21-22(2)14(13)23)20-8-10-3-5-11(6-4-10)15(16,17)18/h3-6,20H,8H2,1-2H3. The first-order valence-electron chi connectivity index (χ1n) is 6.62. The number of halogens is 3. The summed E-state index contributed by atoms with van der Waals surface area (Å²) in [7, 11) is 1.44. The first-order valence-corrected chi connectivity index (χ1v) is 6.62. The largest absolute Gasteiger partial charge is 0.416 e. The number of hydrogen-bond acceptors (Lipinski definition) is 4. The highest BCUT2D eigenvalue weighted by Crippen LogP contribution is 2.29. The van der Waals surface area contributed by atoms with Gasteiger partial charge in [0.25, 0.3) is 5.91 Å². The van der Waals surface area contributed by atoms with Crippen LogP contribution in [0.25, 0.3) is 0 Å². The van der Waals surface area contributed by atoms with Crippen LogP contribution >= 0.6 is 0 Å². The summed E-state index contributed by atoms with van der Waals surface area (Å²) in [4.78, 5) is 11.9. The summed E-state index contributed by atoms with van der Waals surface area (Å²) in [5, 5.41) is 16.8. The van der Waals surface area contributed by atoms with Crippen LogP contribution < -0.4 is 5.32 Å². The average molecular weight is 322 g/mol. The van der Waals surface area contributed by atoms with Crippen molar-refractivity contribution >= 4 is 11.6 Å².